The average Bonchev–Trinajstić information content (AvgIpc) is 3.40. The lowest BCUT2D eigenvalue weighted by atomic mass is 9.97. The van der Waals surface area contributed by atoms with Crippen molar-refractivity contribution in [2.75, 3.05) is 0 Å². The molecule has 2 nitrogen and oxygen atoms in total. The Bertz CT molecular complexity index is 841. The zero-order chi connectivity index (χ0) is 22.5. The summed E-state index contributed by atoms with van der Waals surface area (Å²) in [6, 6.07) is 2.08. The van der Waals surface area contributed by atoms with Crippen molar-refractivity contribution in [1.82, 2.24) is 0 Å². The number of halogens is 6. The first kappa shape index (κ1) is 28.6. The first-order chi connectivity index (χ1) is 13.6. The van der Waals surface area contributed by atoms with Gasteiger partial charge in [0, 0.05) is 49.9 Å². The average molecular weight is 705 g/mol. The van der Waals surface area contributed by atoms with Crippen LogP contribution in [0.5, 0.6) is 0 Å². The van der Waals surface area contributed by atoms with Crippen molar-refractivity contribution in [2.45, 2.75) is 39.5 Å². The summed E-state index contributed by atoms with van der Waals surface area (Å²) < 4.78 is 1.10. The Morgan fingerprint density at radius 1 is 0.862 bits per heavy atom. The number of thiophene rings is 2. The van der Waals surface area contributed by atoms with E-state index in [1.54, 1.807) is 22.7 Å². The molecule has 0 aromatic carbocycles. The standard InChI is InChI=1S/C9H9BrOS.C9H10OS.Al.Br2.3ClH/c1-4-5(2)8(11)9-7(4)6(10)3-12-9;1-5-6(2)8(10)9-7(5)3-4-11-9;;1-2;;;/h3-5H,1-2H3;3-6H,1-2H3;;;3*1H/q;;+3;;;;/p-3. The zero-order valence-corrected chi connectivity index (χ0v) is 25.8. The van der Waals surface area contributed by atoms with Crippen LogP contribution in [-0.2, 0) is 0 Å². The van der Waals surface area contributed by atoms with Crippen molar-refractivity contribution >= 4 is 120 Å². The van der Waals surface area contributed by atoms with E-state index < -0.39 is 11.4 Å². The number of Topliss-reactive ketones (excluding diaryl/α,β-unsaturated/α-hetero) is 2. The molecule has 160 valence electrons. The molecule has 4 rings (SSSR count). The largest absolute Gasteiger partial charge is 0.643 e. The second-order valence-electron chi connectivity index (χ2n) is 6.66. The van der Waals surface area contributed by atoms with Crippen molar-refractivity contribution in [2.24, 2.45) is 11.8 Å². The van der Waals surface area contributed by atoms with Gasteiger partial charge in [-0.2, -0.15) is 0 Å². The quantitative estimate of drug-likeness (QED) is 0.256. The number of fused-ring (bicyclic) bond motifs is 2. The van der Waals surface area contributed by atoms with Crippen LogP contribution >= 0.6 is 97.0 Å². The smallest absolute Gasteiger partial charge is 0.293 e. The first-order valence-corrected chi connectivity index (χ1v) is 20.1. The van der Waals surface area contributed by atoms with Crippen molar-refractivity contribution in [3.05, 3.63) is 42.2 Å². The minimum absolute atomic E-state index is 0.170. The van der Waals surface area contributed by atoms with E-state index in [0.717, 1.165) is 14.2 Å². The SMILES string of the molecule is BrBr.CC1C(=O)c2scc(Br)c2C1C.CC1C(=O)c2sccc2C1C.[Cl][Al]([Cl])[Cl]. The van der Waals surface area contributed by atoms with Gasteiger partial charge in [0.15, 0.2) is 11.6 Å². The molecule has 0 bridgehead atoms. The highest BCUT2D eigenvalue weighted by atomic mass is 80.9. The highest BCUT2D eigenvalue weighted by molar-refractivity contribution is 9.93. The van der Waals surface area contributed by atoms with Crippen LogP contribution in [0, 0.1) is 11.8 Å². The van der Waals surface area contributed by atoms with E-state index in [9.17, 15) is 9.59 Å². The Kier molecular flexibility index (Phi) is 13.2. The Hall–Kier alpha value is 1.58. The molecule has 2 heterocycles. The lowest BCUT2D eigenvalue weighted by molar-refractivity contribution is 0.0932. The fraction of sp³-hybridized carbons (Fsp3) is 0.444. The van der Waals surface area contributed by atoms with Gasteiger partial charge in [-0.1, -0.05) is 27.7 Å². The van der Waals surface area contributed by atoms with Crippen molar-refractivity contribution in [3.63, 3.8) is 0 Å². The lowest BCUT2D eigenvalue weighted by Crippen LogP contribution is -2.06. The first-order valence-electron chi connectivity index (χ1n) is 8.57. The minimum Gasteiger partial charge on any atom is -0.293 e. The molecule has 2 aliphatic carbocycles. The predicted molar refractivity (Wildman–Crippen MR) is 141 cm³/mol. The van der Waals surface area contributed by atoms with Crippen LogP contribution < -0.4 is 0 Å². The Balaban J connectivity index is 0.000000230. The predicted octanol–water partition coefficient (Wildman–Crippen LogP) is 9.51. The summed E-state index contributed by atoms with van der Waals surface area (Å²) >= 11 is 10.4. The van der Waals surface area contributed by atoms with E-state index in [1.165, 1.54) is 11.1 Å². The molecule has 29 heavy (non-hydrogen) atoms. The highest BCUT2D eigenvalue weighted by Crippen LogP contribution is 2.44. The third kappa shape index (κ3) is 7.03. The Morgan fingerprint density at radius 3 is 1.83 bits per heavy atom. The molecule has 0 saturated heterocycles. The highest BCUT2D eigenvalue weighted by Gasteiger charge is 2.36. The van der Waals surface area contributed by atoms with Gasteiger partial charge in [0.05, 0.1) is 9.75 Å². The van der Waals surface area contributed by atoms with Crippen LogP contribution in [0.25, 0.3) is 0 Å². The number of hydrogen-bond acceptors (Lipinski definition) is 4. The third-order valence-corrected chi connectivity index (χ3v) is 8.11. The van der Waals surface area contributed by atoms with E-state index in [0.29, 0.717) is 23.4 Å². The molecule has 4 atom stereocenters. The van der Waals surface area contributed by atoms with E-state index in [-0.39, 0.29) is 11.8 Å². The van der Waals surface area contributed by atoms with Crippen molar-refractivity contribution in [1.29, 1.82) is 0 Å². The number of hydrogen-bond donors (Lipinski definition) is 0. The summed E-state index contributed by atoms with van der Waals surface area (Å²) in [4.78, 5) is 25.0. The fourth-order valence-electron chi connectivity index (χ4n) is 3.23. The maximum atomic E-state index is 11.6. The molecule has 11 heteroatoms. The minimum atomic E-state index is -1.72. The van der Waals surface area contributed by atoms with Crippen LogP contribution in [0.2, 0.25) is 0 Å². The second-order valence-corrected chi connectivity index (χ2v) is 15.7. The molecule has 0 amide bonds. The molecular formula is C18H19AlBr3Cl3O2S2. The molecule has 2 aromatic heterocycles. The van der Waals surface area contributed by atoms with Gasteiger partial charge in [-0.05, 0) is 50.3 Å². The van der Waals surface area contributed by atoms with Crippen molar-refractivity contribution in [3.8, 4) is 0 Å². The maximum absolute atomic E-state index is 11.6. The van der Waals surface area contributed by atoms with Crippen LogP contribution in [-0.4, -0.2) is 23.0 Å². The van der Waals surface area contributed by atoms with Crippen LogP contribution in [0.4, 0.5) is 0 Å². The molecule has 0 saturated carbocycles. The van der Waals surface area contributed by atoms with E-state index in [4.69, 9.17) is 30.1 Å². The molecule has 0 aliphatic heterocycles. The van der Waals surface area contributed by atoms with Gasteiger partial charge in [0.1, 0.15) is 0 Å². The Labute approximate surface area is 220 Å². The normalized spacial score (nSPS) is 23.7. The van der Waals surface area contributed by atoms with Gasteiger partial charge < -0.3 is 0 Å². The van der Waals surface area contributed by atoms with E-state index >= 15 is 0 Å². The van der Waals surface area contributed by atoms with Gasteiger partial charge in [-0.15, -0.1) is 22.7 Å². The van der Waals surface area contributed by atoms with Gasteiger partial charge in [-0.3, -0.25) is 9.59 Å². The fourth-order valence-corrected chi connectivity index (χ4v) is 6.31. The molecular weight excluding hydrogens is 685 g/mol. The molecule has 0 N–H and O–H groups in total. The summed E-state index contributed by atoms with van der Waals surface area (Å²) in [6.45, 7) is 8.26. The third-order valence-electron chi connectivity index (χ3n) is 5.20. The zero-order valence-electron chi connectivity index (χ0n) is 16.0. The van der Waals surface area contributed by atoms with Gasteiger partial charge >= 0.3 is 11.4 Å². The van der Waals surface area contributed by atoms with Gasteiger partial charge in [0.25, 0.3) is 0 Å². The van der Waals surface area contributed by atoms with Gasteiger partial charge in [0.2, 0.25) is 0 Å². The van der Waals surface area contributed by atoms with Crippen LogP contribution in [0.3, 0.4) is 0 Å². The topological polar surface area (TPSA) is 34.1 Å². The maximum Gasteiger partial charge on any atom is 0.643 e. The molecule has 0 spiro atoms. The number of carbonyl (C=O) groups is 2. The van der Waals surface area contributed by atoms with Crippen molar-refractivity contribution < 1.29 is 9.59 Å². The summed E-state index contributed by atoms with van der Waals surface area (Å²) in [5.74, 6) is 1.84. The molecule has 2 aromatic rings. The Morgan fingerprint density at radius 2 is 1.34 bits per heavy atom. The number of carbonyl (C=O) groups excluding carboxylic acids is 2. The molecule has 4 unspecified atom stereocenters. The molecule has 0 radical (unpaired) electrons. The lowest BCUT2D eigenvalue weighted by Gasteiger charge is -2.07. The summed E-state index contributed by atoms with van der Waals surface area (Å²) in [5, 5.41) is 4.01. The number of rotatable bonds is 0. The van der Waals surface area contributed by atoms with E-state index in [2.05, 4.69) is 64.1 Å². The van der Waals surface area contributed by atoms with Crippen LogP contribution in [0.15, 0.2) is 21.3 Å². The second kappa shape index (κ2) is 13.3. The van der Waals surface area contributed by atoms with Crippen LogP contribution in [0.1, 0.15) is 70.0 Å². The monoisotopic (exact) mass is 700 g/mol. The molecule has 0 fully saturated rings. The van der Waals surface area contributed by atoms with Gasteiger partial charge in [-0.25, -0.2) is 30.1 Å². The summed E-state index contributed by atoms with van der Waals surface area (Å²) in [6.07, 6.45) is 0. The van der Waals surface area contributed by atoms with E-state index in [1.807, 2.05) is 24.6 Å². The summed E-state index contributed by atoms with van der Waals surface area (Å²) in [5.41, 5.74) is 2.48. The number of ketones is 2. The summed E-state index contributed by atoms with van der Waals surface area (Å²) in [7, 11) is 14.8. The molecule has 2 aliphatic rings.